The van der Waals surface area contributed by atoms with Crippen LogP contribution in [0.5, 0.6) is 0 Å². The first-order valence-corrected chi connectivity index (χ1v) is 6.00. The monoisotopic (exact) mass is 231 g/mol. The highest BCUT2D eigenvalue weighted by Gasteiger charge is 2.22. The molecule has 2 heterocycles. The van der Waals surface area contributed by atoms with Gasteiger partial charge in [0.05, 0.1) is 18.0 Å². The molecule has 2 rings (SSSR count). The van der Waals surface area contributed by atoms with Gasteiger partial charge in [-0.2, -0.15) is 5.26 Å². The minimum absolute atomic E-state index is 0.212. The molecule has 0 radical (unpaired) electrons. The Hall–Kier alpha value is -1.60. The summed E-state index contributed by atoms with van der Waals surface area (Å²) >= 11 is 0. The number of aliphatic hydroxyl groups excluding tert-OH is 1. The zero-order valence-electron chi connectivity index (χ0n) is 10.0. The quantitative estimate of drug-likeness (QED) is 0.839. The highest BCUT2D eigenvalue weighted by atomic mass is 16.3. The van der Waals surface area contributed by atoms with Gasteiger partial charge < -0.3 is 10.0 Å². The van der Waals surface area contributed by atoms with Crippen LogP contribution in [-0.4, -0.2) is 29.3 Å². The number of pyridine rings is 1. The number of aliphatic hydroxyl groups is 1. The largest absolute Gasteiger partial charge is 0.393 e. The summed E-state index contributed by atoms with van der Waals surface area (Å²) < 4.78 is 0. The maximum atomic E-state index is 9.54. The van der Waals surface area contributed by atoms with Crippen molar-refractivity contribution in [3.05, 3.63) is 24.0 Å². The van der Waals surface area contributed by atoms with Crippen molar-refractivity contribution in [3.8, 4) is 6.07 Å². The molecular formula is C13H17N3O. The van der Waals surface area contributed by atoms with Gasteiger partial charge in [-0.3, -0.25) is 0 Å². The molecule has 0 amide bonds. The molecule has 1 aliphatic heterocycles. The molecule has 0 spiro atoms. The van der Waals surface area contributed by atoms with Gasteiger partial charge in [0.15, 0.2) is 0 Å². The van der Waals surface area contributed by atoms with E-state index in [1.54, 1.807) is 12.3 Å². The lowest BCUT2D eigenvalue weighted by Gasteiger charge is -2.34. The lowest BCUT2D eigenvalue weighted by molar-refractivity contribution is 0.110. The van der Waals surface area contributed by atoms with E-state index < -0.39 is 0 Å². The standard InChI is InChI=1S/C13H17N3O/c1-10(17)11-4-6-16(7-5-11)13-3-2-12(8-14)15-9-13/h2-3,9-11,17H,4-7H2,1H3. The molecule has 0 aromatic carbocycles. The van der Waals surface area contributed by atoms with Crippen molar-refractivity contribution in [3.63, 3.8) is 0 Å². The van der Waals surface area contributed by atoms with E-state index in [-0.39, 0.29) is 6.10 Å². The summed E-state index contributed by atoms with van der Waals surface area (Å²) in [4.78, 5) is 6.33. The number of rotatable bonds is 2. The summed E-state index contributed by atoms with van der Waals surface area (Å²) in [5.74, 6) is 0.414. The first-order chi connectivity index (χ1) is 8.20. The fourth-order valence-corrected chi connectivity index (χ4v) is 2.28. The van der Waals surface area contributed by atoms with Gasteiger partial charge in [0.25, 0.3) is 0 Å². The molecule has 1 unspecified atom stereocenters. The second kappa shape index (κ2) is 5.15. The first-order valence-electron chi connectivity index (χ1n) is 6.00. The first kappa shape index (κ1) is 11.9. The summed E-state index contributed by atoms with van der Waals surface area (Å²) in [6.45, 7) is 3.76. The average Bonchev–Trinajstić information content (AvgIpc) is 2.39. The second-order valence-corrected chi connectivity index (χ2v) is 4.58. The number of anilines is 1. The number of aromatic nitrogens is 1. The molecule has 17 heavy (non-hydrogen) atoms. The van der Waals surface area contributed by atoms with Crippen LogP contribution in [0.1, 0.15) is 25.5 Å². The third-order valence-electron chi connectivity index (χ3n) is 3.45. The van der Waals surface area contributed by atoms with E-state index >= 15 is 0 Å². The molecular weight excluding hydrogens is 214 g/mol. The molecule has 1 atom stereocenters. The molecule has 0 saturated carbocycles. The van der Waals surface area contributed by atoms with Crippen LogP contribution in [0.2, 0.25) is 0 Å². The summed E-state index contributed by atoms with van der Waals surface area (Å²) in [7, 11) is 0. The lowest BCUT2D eigenvalue weighted by atomic mass is 9.92. The van der Waals surface area contributed by atoms with E-state index in [2.05, 4.69) is 9.88 Å². The fraction of sp³-hybridized carbons (Fsp3) is 0.538. The van der Waals surface area contributed by atoms with E-state index in [9.17, 15) is 5.11 Å². The van der Waals surface area contributed by atoms with Gasteiger partial charge in [-0.15, -0.1) is 0 Å². The summed E-state index contributed by atoms with van der Waals surface area (Å²) in [6, 6.07) is 5.70. The van der Waals surface area contributed by atoms with Crippen molar-refractivity contribution in [2.24, 2.45) is 5.92 Å². The predicted octanol–water partition coefficient (Wildman–Crippen LogP) is 1.55. The van der Waals surface area contributed by atoms with Crippen LogP contribution in [0.3, 0.4) is 0 Å². The minimum Gasteiger partial charge on any atom is -0.393 e. The molecule has 0 aliphatic carbocycles. The number of nitrogens with zero attached hydrogens (tertiary/aromatic N) is 3. The minimum atomic E-state index is -0.212. The van der Waals surface area contributed by atoms with E-state index in [4.69, 9.17) is 5.26 Å². The Bertz CT molecular complexity index is 400. The van der Waals surface area contributed by atoms with Gasteiger partial charge in [-0.05, 0) is 37.8 Å². The summed E-state index contributed by atoms with van der Waals surface area (Å²) in [5.41, 5.74) is 1.51. The maximum Gasteiger partial charge on any atom is 0.140 e. The highest BCUT2D eigenvalue weighted by Crippen LogP contribution is 2.24. The third-order valence-corrected chi connectivity index (χ3v) is 3.45. The van der Waals surface area contributed by atoms with Crippen LogP contribution in [0, 0.1) is 17.2 Å². The number of hydrogen-bond acceptors (Lipinski definition) is 4. The highest BCUT2D eigenvalue weighted by molar-refractivity contribution is 5.46. The molecule has 1 N–H and O–H groups in total. The van der Waals surface area contributed by atoms with Gasteiger partial charge in [0.2, 0.25) is 0 Å². The summed E-state index contributed by atoms with van der Waals surface area (Å²) in [5, 5.41) is 18.2. The molecule has 4 heteroatoms. The van der Waals surface area contributed by atoms with Crippen LogP contribution in [0.4, 0.5) is 5.69 Å². The van der Waals surface area contributed by atoms with Gasteiger partial charge >= 0.3 is 0 Å². The molecule has 1 fully saturated rings. The maximum absolute atomic E-state index is 9.54. The van der Waals surface area contributed by atoms with Crippen molar-refractivity contribution < 1.29 is 5.11 Å². The molecule has 1 saturated heterocycles. The van der Waals surface area contributed by atoms with Gasteiger partial charge in [0.1, 0.15) is 11.8 Å². The lowest BCUT2D eigenvalue weighted by Crippen LogP contribution is -2.37. The smallest absolute Gasteiger partial charge is 0.140 e. The van der Waals surface area contributed by atoms with Gasteiger partial charge in [-0.25, -0.2) is 4.98 Å². The Morgan fingerprint density at radius 3 is 2.65 bits per heavy atom. The second-order valence-electron chi connectivity index (χ2n) is 4.58. The molecule has 1 aliphatic rings. The number of hydrogen-bond donors (Lipinski definition) is 1. The van der Waals surface area contributed by atoms with Crippen LogP contribution in [0.15, 0.2) is 18.3 Å². The van der Waals surface area contributed by atoms with Crippen molar-refractivity contribution in [2.45, 2.75) is 25.9 Å². The SMILES string of the molecule is CC(O)C1CCN(c2ccc(C#N)nc2)CC1. The van der Waals surface area contributed by atoms with Crippen molar-refractivity contribution in [1.29, 1.82) is 5.26 Å². The van der Waals surface area contributed by atoms with Gasteiger partial charge in [-0.1, -0.05) is 0 Å². The van der Waals surface area contributed by atoms with E-state index in [0.717, 1.165) is 31.6 Å². The van der Waals surface area contributed by atoms with Crippen LogP contribution in [-0.2, 0) is 0 Å². The van der Waals surface area contributed by atoms with E-state index in [1.165, 1.54) is 0 Å². The van der Waals surface area contributed by atoms with Crippen LogP contribution < -0.4 is 4.90 Å². The Balaban J connectivity index is 1.98. The molecule has 4 nitrogen and oxygen atoms in total. The van der Waals surface area contributed by atoms with Crippen LogP contribution >= 0.6 is 0 Å². The Morgan fingerprint density at radius 2 is 2.18 bits per heavy atom. The van der Waals surface area contributed by atoms with E-state index in [1.807, 2.05) is 19.1 Å². The molecule has 90 valence electrons. The number of piperidine rings is 1. The van der Waals surface area contributed by atoms with E-state index in [0.29, 0.717) is 11.6 Å². The molecule has 1 aromatic heterocycles. The van der Waals surface area contributed by atoms with Gasteiger partial charge in [0, 0.05) is 13.1 Å². The zero-order chi connectivity index (χ0) is 12.3. The fourth-order valence-electron chi connectivity index (χ4n) is 2.28. The Morgan fingerprint density at radius 1 is 1.47 bits per heavy atom. The normalized spacial score (nSPS) is 18.8. The molecule has 1 aromatic rings. The average molecular weight is 231 g/mol. The van der Waals surface area contributed by atoms with Crippen molar-refractivity contribution in [1.82, 2.24) is 4.98 Å². The Kier molecular flexibility index (Phi) is 3.60. The van der Waals surface area contributed by atoms with Crippen molar-refractivity contribution in [2.75, 3.05) is 18.0 Å². The Labute approximate surface area is 102 Å². The third kappa shape index (κ3) is 2.75. The van der Waals surface area contributed by atoms with Crippen molar-refractivity contribution >= 4 is 5.69 Å². The zero-order valence-corrected chi connectivity index (χ0v) is 10.0. The topological polar surface area (TPSA) is 60.1 Å². The summed E-state index contributed by atoms with van der Waals surface area (Å²) in [6.07, 6.45) is 3.56. The van der Waals surface area contributed by atoms with Crippen LogP contribution in [0.25, 0.3) is 0 Å². The predicted molar refractivity (Wildman–Crippen MR) is 65.6 cm³/mol. The number of nitriles is 1. The molecule has 0 bridgehead atoms.